The molecule has 1 aromatic carbocycles. The van der Waals surface area contributed by atoms with E-state index >= 15 is 0 Å². The molecule has 2 aromatic rings. The van der Waals surface area contributed by atoms with Gasteiger partial charge >= 0.3 is 0 Å². The lowest BCUT2D eigenvalue weighted by atomic mass is 10.2. The van der Waals surface area contributed by atoms with E-state index in [-0.39, 0.29) is 16.5 Å². The van der Waals surface area contributed by atoms with E-state index in [1.165, 1.54) is 24.5 Å². The summed E-state index contributed by atoms with van der Waals surface area (Å²) in [6.45, 7) is 0.451. The number of H-pyrrole nitrogens is 1. The molecule has 2 rings (SSSR count). The normalized spacial score (nSPS) is 10.4. The van der Waals surface area contributed by atoms with Gasteiger partial charge in [-0.05, 0) is 18.6 Å². The first-order chi connectivity index (χ1) is 9.18. The van der Waals surface area contributed by atoms with E-state index in [0.717, 1.165) is 5.82 Å². The number of aromatic nitrogens is 3. The summed E-state index contributed by atoms with van der Waals surface area (Å²) < 4.78 is 13.2. The molecule has 19 heavy (non-hydrogen) atoms. The van der Waals surface area contributed by atoms with E-state index in [9.17, 15) is 9.18 Å². The molecule has 7 heteroatoms. The van der Waals surface area contributed by atoms with Crippen molar-refractivity contribution in [3.05, 3.63) is 46.8 Å². The minimum Gasteiger partial charge on any atom is -0.352 e. The standard InChI is InChI=1S/C12H12ClFN4O/c13-11-8(3-1-4-9(11)14)12(19)15-6-2-5-10-16-7-17-18-10/h1,3-4,7H,2,5-6H2,(H,15,19)(H,16,17,18). The van der Waals surface area contributed by atoms with Crippen LogP contribution in [0.5, 0.6) is 0 Å². The maximum atomic E-state index is 13.2. The van der Waals surface area contributed by atoms with Gasteiger partial charge in [-0.25, -0.2) is 9.37 Å². The Morgan fingerprint density at radius 2 is 2.32 bits per heavy atom. The lowest BCUT2D eigenvalue weighted by molar-refractivity contribution is 0.0953. The fourth-order valence-electron chi connectivity index (χ4n) is 1.58. The van der Waals surface area contributed by atoms with Crippen molar-refractivity contribution in [1.82, 2.24) is 20.5 Å². The van der Waals surface area contributed by atoms with Crippen LogP contribution in [-0.2, 0) is 6.42 Å². The fraction of sp³-hybridized carbons (Fsp3) is 0.250. The summed E-state index contributed by atoms with van der Waals surface area (Å²) in [5, 5.41) is 8.97. The Morgan fingerprint density at radius 3 is 3.05 bits per heavy atom. The van der Waals surface area contributed by atoms with E-state index in [1.54, 1.807) is 0 Å². The molecule has 0 aliphatic carbocycles. The minimum atomic E-state index is -0.601. The third kappa shape index (κ3) is 3.51. The highest BCUT2D eigenvalue weighted by molar-refractivity contribution is 6.34. The van der Waals surface area contributed by atoms with E-state index in [2.05, 4.69) is 20.5 Å². The van der Waals surface area contributed by atoms with E-state index in [0.29, 0.717) is 19.4 Å². The van der Waals surface area contributed by atoms with E-state index in [1.807, 2.05) is 0 Å². The SMILES string of the molecule is O=C(NCCCc1ncn[nH]1)c1cccc(F)c1Cl. The highest BCUT2D eigenvalue weighted by Crippen LogP contribution is 2.19. The molecule has 1 heterocycles. The second-order valence-corrected chi connectivity index (χ2v) is 4.27. The minimum absolute atomic E-state index is 0.140. The third-order valence-electron chi connectivity index (χ3n) is 2.54. The highest BCUT2D eigenvalue weighted by Gasteiger charge is 2.12. The Bertz CT molecular complexity index is 559. The number of amides is 1. The number of carbonyl (C=O) groups is 1. The smallest absolute Gasteiger partial charge is 0.252 e. The number of hydrogen-bond donors (Lipinski definition) is 2. The van der Waals surface area contributed by atoms with Crippen molar-refractivity contribution in [1.29, 1.82) is 0 Å². The highest BCUT2D eigenvalue weighted by atomic mass is 35.5. The van der Waals surface area contributed by atoms with Gasteiger partial charge in [-0.1, -0.05) is 17.7 Å². The van der Waals surface area contributed by atoms with Crippen LogP contribution >= 0.6 is 11.6 Å². The van der Waals surface area contributed by atoms with Crippen LogP contribution in [0.4, 0.5) is 4.39 Å². The maximum Gasteiger partial charge on any atom is 0.252 e. The van der Waals surface area contributed by atoms with Crippen LogP contribution in [0.15, 0.2) is 24.5 Å². The summed E-state index contributed by atoms with van der Waals surface area (Å²) in [7, 11) is 0. The Labute approximate surface area is 114 Å². The maximum absolute atomic E-state index is 13.2. The topological polar surface area (TPSA) is 70.7 Å². The van der Waals surface area contributed by atoms with Crippen molar-refractivity contribution in [3.8, 4) is 0 Å². The number of halogens is 2. The average Bonchev–Trinajstić information content (AvgIpc) is 2.91. The monoisotopic (exact) mass is 282 g/mol. The van der Waals surface area contributed by atoms with Crippen molar-refractivity contribution in [2.75, 3.05) is 6.54 Å². The molecule has 0 fully saturated rings. The molecule has 100 valence electrons. The Kier molecular flexibility index (Phi) is 4.46. The number of aryl methyl sites for hydroxylation is 1. The summed E-state index contributed by atoms with van der Waals surface area (Å²) in [5.41, 5.74) is 0.140. The van der Waals surface area contributed by atoms with Crippen LogP contribution in [-0.4, -0.2) is 27.6 Å². The zero-order chi connectivity index (χ0) is 13.7. The fourth-order valence-corrected chi connectivity index (χ4v) is 1.80. The number of rotatable bonds is 5. The van der Waals surface area contributed by atoms with Gasteiger partial charge in [-0.3, -0.25) is 9.89 Å². The molecule has 0 bridgehead atoms. The van der Waals surface area contributed by atoms with Gasteiger partial charge < -0.3 is 5.32 Å². The molecule has 2 N–H and O–H groups in total. The molecule has 1 amide bonds. The lowest BCUT2D eigenvalue weighted by Gasteiger charge is -2.06. The molecule has 5 nitrogen and oxygen atoms in total. The molecule has 0 unspecified atom stereocenters. The largest absolute Gasteiger partial charge is 0.352 e. The number of hydrogen-bond acceptors (Lipinski definition) is 3. The summed E-state index contributed by atoms with van der Waals surface area (Å²) in [4.78, 5) is 15.7. The van der Waals surface area contributed by atoms with Gasteiger partial charge in [0.2, 0.25) is 0 Å². The zero-order valence-electron chi connectivity index (χ0n) is 9.99. The predicted molar refractivity (Wildman–Crippen MR) is 68.4 cm³/mol. The van der Waals surface area contributed by atoms with Gasteiger partial charge in [0.1, 0.15) is 18.0 Å². The van der Waals surface area contributed by atoms with E-state index in [4.69, 9.17) is 11.6 Å². The van der Waals surface area contributed by atoms with Gasteiger partial charge in [-0.15, -0.1) is 0 Å². The van der Waals surface area contributed by atoms with Gasteiger partial charge in [0.15, 0.2) is 0 Å². The van der Waals surface area contributed by atoms with Crippen LogP contribution in [0.3, 0.4) is 0 Å². The summed E-state index contributed by atoms with van der Waals surface area (Å²) in [5.74, 6) is -0.226. The zero-order valence-corrected chi connectivity index (χ0v) is 10.7. The molecule has 0 radical (unpaired) electrons. The Hall–Kier alpha value is -1.95. The number of nitrogens with zero attached hydrogens (tertiary/aromatic N) is 2. The Morgan fingerprint density at radius 1 is 1.47 bits per heavy atom. The number of nitrogens with one attached hydrogen (secondary N) is 2. The first-order valence-corrected chi connectivity index (χ1v) is 6.12. The first kappa shape index (κ1) is 13.5. The average molecular weight is 283 g/mol. The lowest BCUT2D eigenvalue weighted by Crippen LogP contribution is -2.25. The molecule has 0 saturated heterocycles. The van der Waals surface area contributed by atoms with Crippen molar-refractivity contribution >= 4 is 17.5 Å². The van der Waals surface area contributed by atoms with Crippen molar-refractivity contribution in [2.45, 2.75) is 12.8 Å². The van der Waals surface area contributed by atoms with Gasteiger partial charge in [0.05, 0.1) is 10.6 Å². The quantitative estimate of drug-likeness (QED) is 0.824. The number of aromatic amines is 1. The summed E-state index contributed by atoms with van der Waals surface area (Å²) in [6.07, 6.45) is 2.81. The number of carbonyl (C=O) groups excluding carboxylic acids is 1. The molecule has 1 aromatic heterocycles. The molecule has 0 atom stereocenters. The molecular formula is C12H12ClFN4O. The molecule has 0 aliphatic rings. The van der Waals surface area contributed by atoms with Gasteiger partial charge in [-0.2, -0.15) is 5.10 Å². The molecular weight excluding hydrogens is 271 g/mol. The summed E-state index contributed by atoms with van der Waals surface area (Å²) >= 11 is 5.72. The van der Waals surface area contributed by atoms with Crippen LogP contribution in [0.1, 0.15) is 22.6 Å². The van der Waals surface area contributed by atoms with Crippen LogP contribution in [0.2, 0.25) is 5.02 Å². The predicted octanol–water partition coefficient (Wildman–Crippen LogP) is 1.96. The van der Waals surface area contributed by atoms with E-state index < -0.39 is 5.82 Å². The first-order valence-electron chi connectivity index (χ1n) is 5.75. The Balaban J connectivity index is 1.83. The summed E-state index contributed by atoms with van der Waals surface area (Å²) in [6, 6.07) is 4.14. The van der Waals surface area contributed by atoms with Crippen molar-refractivity contribution in [2.24, 2.45) is 0 Å². The van der Waals surface area contributed by atoms with Gasteiger partial charge in [0.25, 0.3) is 5.91 Å². The van der Waals surface area contributed by atoms with Crippen LogP contribution in [0, 0.1) is 5.82 Å². The van der Waals surface area contributed by atoms with Crippen LogP contribution < -0.4 is 5.32 Å². The van der Waals surface area contributed by atoms with Crippen LogP contribution in [0.25, 0.3) is 0 Å². The van der Waals surface area contributed by atoms with Crippen molar-refractivity contribution in [3.63, 3.8) is 0 Å². The number of benzene rings is 1. The molecule has 0 saturated carbocycles. The molecule has 0 spiro atoms. The second-order valence-electron chi connectivity index (χ2n) is 3.89. The van der Waals surface area contributed by atoms with Gasteiger partial charge in [0, 0.05) is 13.0 Å². The van der Waals surface area contributed by atoms with Crippen molar-refractivity contribution < 1.29 is 9.18 Å². The third-order valence-corrected chi connectivity index (χ3v) is 2.92. The second kappa shape index (κ2) is 6.29. The molecule has 0 aliphatic heterocycles.